The average Bonchev–Trinajstić information content (AvgIpc) is 3.01. The van der Waals surface area contributed by atoms with Crippen LogP contribution < -0.4 is 5.32 Å². The molecule has 0 radical (unpaired) electrons. The van der Waals surface area contributed by atoms with Crippen LogP contribution >= 0.6 is 11.6 Å². The fraction of sp³-hybridized carbons (Fsp3) is 0.143. The largest absolute Gasteiger partial charge is 0.358 e. The molecule has 1 atom stereocenters. The van der Waals surface area contributed by atoms with Crippen molar-refractivity contribution in [3.8, 4) is 0 Å². The summed E-state index contributed by atoms with van der Waals surface area (Å²) in [6, 6.07) is 16.0. The maximum absolute atomic E-state index is 12.7. The number of hydrogen-bond acceptors (Lipinski definition) is 3. The molecule has 0 saturated carbocycles. The zero-order chi connectivity index (χ0) is 17.0. The smallest absolute Gasteiger partial charge is 0.161 e. The van der Waals surface area contributed by atoms with Gasteiger partial charge in [0.15, 0.2) is 5.78 Å². The van der Waals surface area contributed by atoms with E-state index in [0.29, 0.717) is 11.4 Å². The second-order valence-corrected chi connectivity index (χ2v) is 6.96. The Morgan fingerprint density at radius 2 is 1.88 bits per heavy atom. The van der Waals surface area contributed by atoms with E-state index < -0.39 is 0 Å². The Labute approximate surface area is 150 Å². The number of aromatic nitrogens is 1. The molecule has 3 aromatic rings. The Kier molecular flexibility index (Phi) is 3.19. The molecular weight excluding hydrogens is 332 g/mol. The summed E-state index contributed by atoms with van der Waals surface area (Å²) < 4.78 is 0. The van der Waals surface area contributed by atoms with Gasteiger partial charge in [0.2, 0.25) is 0 Å². The van der Waals surface area contributed by atoms with E-state index in [1.807, 2.05) is 36.5 Å². The fourth-order valence-corrected chi connectivity index (χ4v) is 4.13. The van der Waals surface area contributed by atoms with Gasteiger partial charge in [0.25, 0.3) is 0 Å². The predicted molar refractivity (Wildman–Crippen MR) is 99.9 cm³/mol. The molecule has 0 saturated heterocycles. The van der Waals surface area contributed by atoms with E-state index in [1.54, 1.807) is 0 Å². The van der Waals surface area contributed by atoms with Crippen molar-refractivity contribution in [1.82, 2.24) is 4.98 Å². The van der Waals surface area contributed by atoms with Crippen molar-refractivity contribution in [3.05, 3.63) is 82.1 Å². The number of hydrogen-bond donors (Lipinski definition) is 1. The average molecular weight is 347 g/mol. The van der Waals surface area contributed by atoms with Crippen molar-refractivity contribution >= 4 is 34.0 Å². The maximum atomic E-state index is 12.7. The molecule has 1 N–H and O–H groups in total. The molecule has 2 aliphatic rings. The molecule has 0 fully saturated rings. The molecule has 0 amide bonds. The quantitative estimate of drug-likeness (QED) is 0.669. The highest BCUT2D eigenvalue weighted by molar-refractivity contribution is 6.30. The van der Waals surface area contributed by atoms with Crippen LogP contribution in [0.2, 0.25) is 5.02 Å². The van der Waals surface area contributed by atoms with Gasteiger partial charge in [0.05, 0.1) is 5.52 Å². The number of benzene rings is 2. The van der Waals surface area contributed by atoms with E-state index in [2.05, 4.69) is 28.5 Å². The Morgan fingerprint density at radius 1 is 1.04 bits per heavy atom. The molecule has 1 aromatic heterocycles. The first kappa shape index (κ1) is 14.7. The van der Waals surface area contributed by atoms with Crippen LogP contribution in [0.15, 0.2) is 66.0 Å². The lowest BCUT2D eigenvalue weighted by molar-refractivity contribution is -0.115. The van der Waals surface area contributed by atoms with Gasteiger partial charge in [0.1, 0.15) is 0 Å². The van der Waals surface area contributed by atoms with E-state index in [1.165, 1.54) is 0 Å². The number of pyridine rings is 1. The number of fused-ring (bicyclic) bond motifs is 3. The topological polar surface area (TPSA) is 42.0 Å². The summed E-state index contributed by atoms with van der Waals surface area (Å²) >= 11 is 6.08. The number of anilines is 1. The minimum Gasteiger partial charge on any atom is -0.358 e. The highest BCUT2D eigenvalue weighted by atomic mass is 35.5. The van der Waals surface area contributed by atoms with Gasteiger partial charge in [-0.2, -0.15) is 0 Å². The van der Waals surface area contributed by atoms with E-state index in [9.17, 15) is 4.79 Å². The van der Waals surface area contributed by atoms with Gasteiger partial charge >= 0.3 is 0 Å². The lowest BCUT2D eigenvalue weighted by Crippen LogP contribution is -2.19. The summed E-state index contributed by atoms with van der Waals surface area (Å²) in [5.74, 6) is 0.123. The predicted octanol–water partition coefficient (Wildman–Crippen LogP) is 5.06. The van der Waals surface area contributed by atoms with E-state index in [0.717, 1.165) is 45.4 Å². The monoisotopic (exact) mass is 346 g/mol. The Morgan fingerprint density at radius 3 is 2.72 bits per heavy atom. The van der Waals surface area contributed by atoms with Crippen LogP contribution in [0.5, 0.6) is 0 Å². The Hall–Kier alpha value is -2.65. The second-order valence-electron chi connectivity index (χ2n) is 6.53. The van der Waals surface area contributed by atoms with Crippen molar-refractivity contribution in [3.63, 3.8) is 0 Å². The van der Waals surface area contributed by atoms with Crippen molar-refractivity contribution in [2.24, 2.45) is 0 Å². The van der Waals surface area contributed by atoms with Gasteiger partial charge in [-0.25, -0.2) is 0 Å². The molecule has 122 valence electrons. The van der Waals surface area contributed by atoms with Crippen LogP contribution in [0.4, 0.5) is 5.69 Å². The van der Waals surface area contributed by atoms with Gasteiger partial charge in [-0.1, -0.05) is 35.9 Å². The van der Waals surface area contributed by atoms with E-state index in [4.69, 9.17) is 11.6 Å². The lowest BCUT2D eigenvalue weighted by Gasteiger charge is -2.29. The number of Topliss-reactive ketones (excluding diaryl/α,β-unsaturated/α-hetero) is 1. The Bertz CT molecular complexity index is 1050. The fourth-order valence-electron chi connectivity index (χ4n) is 4.01. The highest BCUT2D eigenvalue weighted by Crippen LogP contribution is 2.48. The number of halogens is 1. The summed E-state index contributed by atoms with van der Waals surface area (Å²) in [5.41, 5.74) is 6.07. The van der Waals surface area contributed by atoms with E-state index in [-0.39, 0.29) is 11.7 Å². The molecule has 2 heterocycles. The normalized spacial score (nSPS) is 18.9. The van der Waals surface area contributed by atoms with Gasteiger partial charge < -0.3 is 5.32 Å². The third-order valence-electron chi connectivity index (χ3n) is 5.11. The zero-order valence-corrected chi connectivity index (χ0v) is 14.2. The first-order valence-electron chi connectivity index (χ1n) is 8.39. The SMILES string of the molecule is O=C1CCC2=C1C(c1ccc(Cl)cc1)c1c(ccc3cccnc13)N2. The van der Waals surface area contributed by atoms with Crippen LogP contribution in [0, 0.1) is 0 Å². The third-order valence-corrected chi connectivity index (χ3v) is 5.36. The molecule has 0 bridgehead atoms. The van der Waals surface area contributed by atoms with Crippen LogP contribution in [0.3, 0.4) is 0 Å². The van der Waals surface area contributed by atoms with Gasteiger partial charge in [-0.05, 0) is 36.2 Å². The molecule has 1 unspecified atom stereocenters. The zero-order valence-electron chi connectivity index (χ0n) is 13.4. The summed E-state index contributed by atoms with van der Waals surface area (Å²) in [7, 11) is 0. The van der Waals surface area contributed by atoms with Gasteiger partial charge in [0, 0.05) is 51.5 Å². The highest BCUT2D eigenvalue weighted by Gasteiger charge is 2.37. The maximum Gasteiger partial charge on any atom is 0.161 e. The lowest BCUT2D eigenvalue weighted by atomic mass is 9.79. The molecule has 0 spiro atoms. The molecule has 4 heteroatoms. The number of carbonyl (C=O) groups is 1. The first-order chi connectivity index (χ1) is 12.2. The number of nitrogens with one attached hydrogen (secondary N) is 1. The summed E-state index contributed by atoms with van der Waals surface area (Å²) in [6.07, 6.45) is 3.15. The number of carbonyl (C=O) groups excluding carboxylic acids is 1. The van der Waals surface area contributed by atoms with Crippen LogP contribution in [-0.4, -0.2) is 10.8 Å². The number of rotatable bonds is 1. The molecule has 1 aliphatic heterocycles. The first-order valence-corrected chi connectivity index (χ1v) is 8.76. The molecular formula is C21H15ClN2O. The summed E-state index contributed by atoms with van der Waals surface area (Å²) in [6.45, 7) is 0. The second kappa shape index (κ2) is 5.43. The van der Waals surface area contributed by atoms with Crippen molar-refractivity contribution < 1.29 is 4.79 Å². The Balaban J connectivity index is 1.83. The van der Waals surface area contributed by atoms with Crippen LogP contribution in [0.1, 0.15) is 29.9 Å². The van der Waals surface area contributed by atoms with Crippen molar-refractivity contribution in [2.45, 2.75) is 18.8 Å². The standard InChI is InChI=1S/C21H15ClN2O/c22-14-6-3-12(4-7-14)18-19-15(9-10-17(19)25)24-16-8-5-13-2-1-11-23-21(13)20(16)18/h1-8,11,18,24H,9-10H2. The molecule has 5 rings (SSSR count). The molecule has 25 heavy (non-hydrogen) atoms. The minimum atomic E-state index is -0.0999. The van der Waals surface area contributed by atoms with Crippen molar-refractivity contribution in [2.75, 3.05) is 5.32 Å². The van der Waals surface area contributed by atoms with Crippen LogP contribution in [-0.2, 0) is 4.79 Å². The molecule has 2 aromatic carbocycles. The van der Waals surface area contributed by atoms with E-state index >= 15 is 0 Å². The minimum absolute atomic E-state index is 0.0999. The summed E-state index contributed by atoms with van der Waals surface area (Å²) in [5, 5.41) is 5.26. The third kappa shape index (κ3) is 2.19. The number of allylic oxidation sites excluding steroid dienone is 2. The van der Waals surface area contributed by atoms with Crippen LogP contribution in [0.25, 0.3) is 10.9 Å². The molecule has 1 aliphatic carbocycles. The van der Waals surface area contributed by atoms with Gasteiger partial charge in [-0.15, -0.1) is 0 Å². The number of nitrogens with zero attached hydrogens (tertiary/aromatic N) is 1. The van der Waals surface area contributed by atoms with Crippen molar-refractivity contribution in [1.29, 1.82) is 0 Å². The molecule has 3 nitrogen and oxygen atoms in total. The van der Waals surface area contributed by atoms with Gasteiger partial charge in [-0.3, -0.25) is 9.78 Å². The summed E-state index contributed by atoms with van der Waals surface area (Å²) in [4.78, 5) is 17.3. The number of ketones is 1.